The number of ether oxygens (including phenoxy) is 1. The molecule has 0 aromatic heterocycles. The van der Waals surface area contributed by atoms with E-state index in [0.29, 0.717) is 6.42 Å². The van der Waals surface area contributed by atoms with Gasteiger partial charge in [-0.2, -0.15) is 0 Å². The second kappa shape index (κ2) is 6.72. The lowest BCUT2D eigenvalue weighted by atomic mass is 10.1. The number of aliphatic carboxylic acids is 1. The fourth-order valence-corrected chi connectivity index (χ4v) is 2.05. The first-order valence-corrected chi connectivity index (χ1v) is 6.71. The second-order valence-corrected chi connectivity index (χ2v) is 5.81. The molecule has 0 aromatic rings. The Bertz CT molecular complexity index is 400. The average molecular weight is 287 g/mol. The number of halogens is 1. The van der Waals surface area contributed by atoms with E-state index in [2.05, 4.69) is 0 Å². The van der Waals surface area contributed by atoms with E-state index in [1.807, 2.05) is 0 Å². The fraction of sp³-hybridized carbons (Fsp3) is 0.714. The largest absolute Gasteiger partial charge is 0.480 e. The zero-order chi connectivity index (χ0) is 15.3. The molecular formula is C14H22FNO4. The maximum atomic E-state index is 12.4. The maximum Gasteiger partial charge on any atom is 0.411 e. The van der Waals surface area contributed by atoms with Crippen LogP contribution in [0, 0.1) is 0 Å². The lowest BCUT2D eigenvalue weighted by molar-refractivity contribution is -0.143. The van der Waals surface area contributed by atoms with Crippen molar-refractivity contribution in [2.75, 3.05) is 13.2 Å². The van der Waals surface area contributed by atoms with Crippen molar-refractivity contribution in [1.82, 2.24) is 4.90 Å². The molecule has 1 rings (SSSR count). The van der Waals surface area contributed by atoms with E-state index in [-0.39, 0.29) is 19.4 Å². The molecule has 20 heavy (non-hydrogen) atoms. The monoisotopic (exact) mass is 287 g/mol. The summed E-state index contributed by atoms with van der Waals surface area (Å²) >= 11 is 0. The number of rotatable bonds is 3. The van der Waals surface area contributed by atoms with Gasteiger partial charge in [-0.25, -0.2) is 9.59 Å². The van der Waals surface area contributed by atoms with Crippen molar-refractivity contribution in [3.05, 3.63) is 11.6 Å². The molecule has 0 aliphatic carbocycles. The Morgan fingerprint density at radius 3 is 2.65 bits per heavy atom. The molecule has 5 nitrogen and oxygen atoms in total. The minimum atomic E-state index is -1.08. The van der Waals surface area contributed by atoms with Gasteiger partial charge in [-0.15, -0.1) is 0 Å². The molecule has 114 valence electrons. The zero-order valence-corrected chi connectivity index (χ0v) is 12.2. The van der Waals surface area contributed by atoms with Crippen LogP contribution in [0.3, 0.4) is 0 Å². The van der Waals surface area contributed by atoms with Crippen LogP contribution in [0.2, 0.25) is 0 Å². The Balaban J connectivity index is 2.83. The Labute approximate surface area is 118 Å². The number of carbonyl (C=O) groups excluding carboxylic acids is 1. The summed E-state index contributed by atoms with van der Waals surface area (Å²) in [5.41, 5.74) is 0.173. The van der Waals surface area contributed by atoms with Gasteiger partial charge in [-0.1, -0.05) is 11.6 Å². The molecule has 1 atom stereocenters. The SMILES string of the molecule is CC(C)(C)OC(=O)N1CCC(CCF)=CC[C@H]1C(=O)O. The summed E-state index contributed by atoms with van der Waals surface area (Å²) < 4.78 is 17.6. The van der Waals surface area contributed by atoms with E-state index in [0.717, 1.165) is 5.57 Å². The van der Waals surface area contributed by atoms with E-state index in [4.69, 9.17) is 4.74 Å². The van der Waals surface area contributed by atoms with Gasteiger partial charge in [-0.05, 0) is 40.0 Å². The normalized spacial score (nSPS) is 20.1. The van der Waals surface area contributed by atoms with E-state index in [1.165, 1.54) is 4.90 Å². The first-order valence-electron chi connectivity index (χ1n) is 6.71. The summed E-state index contributed by atoms with van der Waals surface area (Å²) in [5, 5.41) is 9.24. The van der Waals surface area contributed by atoms with Crippen molar-refractivity contribution in [1.29, 1.82) is 0 Å². The molecule has 1 aliphatic rings. The predicted molar refractivity (Wildman–Crippen MR) is 72.3 cm³/mol. The van der Waals surface area contributed by atoms with Gasteiger partial charge in [0.1, 0.15) is 11.6 Å². The van der Waals surface area contributed by atoms with E-state index in [9.17, 15) is 19.1 Å². The van der Waals surface area contributed by atoms with Gasteiger partial charge in [0.05, 0.1) is 6.67 Å². The van der Waals surface area contributed by atoms with Crippen molar-refractivity contribution in [3.63, 3.8) is 0 Å². The molecule has 0 fully saturated rings. The number of carbonyl (C=O) groups is 2. The van der Waals surface area contributed by atoms with Crippen LogP contribution >= 0.6 is 0 Å². The second-order valence-electron chi connectivity index (χ2n) is 5.81. The van der Waals surface area contributed by atoms with Gasteiger partial charge >= 0.3 is 12.1 Å². The van der Waals surface area contributed by atoms with E-state index >= 15 is 0 Å². The lowest BCUT2D eigenvalue weighted by Crippen LogP contribution is -2.46. The number of carboxylic acid groups (broad SMARTS) is 1. The topological polar surface area (TPSA) is 66.8 Å². The van der Waals surface area contributed by atoms with Gasteiger partial charge in [0.25, 0.3) is 0 Å². The Morgan fingerprint density at radius 2 is 2.15 bits per heavy atom. The Kier molecular flexibility index (Phi) is 5.53. The Morgan fingerprint density at radius 1 is 1.50 bits per heavy atom. The van der Waals surface area contributed by atoms with Crippen molar-refractivity contribution in [2.45, 2.75) is 51.7 Å². The van der Waals surface area contributed by atoms with Gasteiger partial charge in [0.2, 0.25) is 0 Å². The average Bonchev–Trinajstić information content (AvgIpc) is 2.50. The lowest BCUT2D eigenvalue weighted by Gasteiger charge is -2.30. The predicted octanol–water partition coefficient (Wildman–Crippen LogP) is 2.76. The first kappa shape index (κ1) is 16.5. The summed E-state index contributed by atoms with van der Waals surface area (Å²) in [6.45, 7) is 4.94. The first-order chi connectivity index (χ1) is 9.24. The van der Waals surface area contributed by atoms with Crippen LogP contribution < -0.4 is 0 Å². The van der Waals surface area contributed by atoms with Gasteiger partial charge in [0, 0.05) is 6.54 Å². The van der Waals surface area contributed by atoms with Crippen LogP contribution in [-0.2, 0) is 9.53 Å². The maximum absolute atomic E-state index is 12.4. The molecule has 0 saturated carbocycles. The number of alkyl halides is 1. The number of hydrogen-bond donors (Lipinski definition) is 1. The van der Waals surface area contributed by atoms with Crippen LogP contribution in [0.1, 0.15) is 40.0 Å². The van der Waals surface area contributed by atoms with Gasteiger partial charge in [-0.3, -0.25) is 9.29 Å². The molecule has 0 saturated heterocycles. The number of hydrogen-bond acceptors (Lipinski definition) is 3. The fourth-order valence-electron chi connectivity index (χ4n) is 2.05. The smallest absolute Gasteiger partial charge is 0.411 e. The number of nitrogens with zero attached hydrogens (tertiary/aromatic N) is 1. The molecular weight excluding hydrogens is 265 g/mol. The highest BCUT2D eigenvalue weighted by atomic mass is 19.1. The van der Waals surface area contributed by atoms with Gasteiger partial charge in [0.15, 0.2) is 0 Å². The molecule has 0 bridgehead atoms. The third-order valence-electron chi connectivity index (χ3n) is 3.01. The molecule has 0 aromatic carbocycles. The highest BCUT2D eigenvalue weighted by Crippen LogP contribution is 2.21. The molecule has 1 amide bonds. The van der Waals surface area contributed by atoms with Crippen molar-refractivity contribution in [3.8, 4) is 0 Å². The van der Waals surface area contributed by atoms with E-state index in [1.54, 1.807) is 26.8 Å². The van der Waals surface area contributed by atoms with Gasteiger partial charge < -0.3 is 9.84 Å². The minimum absolute atomic E-state index is 0.184. The summed E-state index contributed by atoms with van der Waals surface area (Å²) in [7, 11) is 0. The summed E-state index contributed by atoms with van der Waals surface area (Å²) in [5.74, 6) is -1.08. The van der Waals surface area contributed by atoms with Crippen molar-refractivity contribution in [2.24, 2.45) is 0 Å². The summed E-state index contributed by atoms with van der Waals surface area (Å²) in [4.78, 5) is 24.6. The molecule has 6 heteroatoms. The van der Waals surface area contributed by atoms with Crippen LogP contribution in [0.15, 0.2) is 11.6 Å². The minimum Gasteiger partial charge on any atom is -0.480 e. The van der Waals surface area contributed by atoms with Crippen LogP contribution in [-0.4, -0.2) is 46.9 Å². The van der Waals surface area contributed by atoms with Crippen LogP contribution in [0.5, 0.6) is 0 Å². The summed E-state index contributed by atoms with van der Waals surface area (Å²) in [6, 6.07) is -0.957. The number of carboxylic acids is 1. The third kappa shape index (κ3) is 4.83. The molecule has 1 heterocycles. The van der Waals surface area contributed by atoms with E-state index < -0.39 is 30.4 Å². The highest BCUT2D eigenvalue weighted by molar-refractivity contribution is 5.80. The van der Waals surface area contributed by atoms with Crippen molar-refractivity contribution >= 4 is 12.1 Å². The van der Waals surface area contributed by atoms with Crippen LogP contribution in [0.25, 0.3) is 0 Å². The quantitative estimate of drug-likeness (QED) is 0.810. The molecule has 1 aliphatic heterocycles. The molecule has 0 radical (unpaired) electrons. The highest BCUT2D eigenvalue weighted by Gasteiger charge is 2.33. The third-order valence-corrected chi connectivity index (χ3v) is 3.01. The standard InChI is InChI=1S/C14H22FNO4/c1-14(2,3)20-13(19)16-9-7-10(6-8-15)4-5-11(16)12(17)18/h4,11H,5-9H2,1-3H3,(H,17,18)/t11-/m0/s1. The van der Waals surface area contributed by atoms with Crippen molar-refractivity contribution < 1.29 is 23.8 Å². The molecule has 1 N–H and O–H groups in total. The zero-order valence-electron chi connectivity index (χ0n) is 12.2. The summed E-state index contributed by atoms with van der Waals surface area (Å²) in [6.07, 6.45) is 2.04. The molecule has 0 unspecified atom stereocenters. The Hall–Kier alpha value is -1.59. The molecule has 0 spiro atoms. The van der Waals surface area contributed by atoms with Crippen LogP contribution in [0.4, 0.5) is 9.18 Å². The number of amides is 1.